The number of amides is 2. The Kier molecular flexibility index (Phi) is 8.14. The van der Waals surface area contributed by atoms with Gasteiger partial charge < -0.3 is 20.7 Å². The van der Waals surface area contributed by atoms with Crippen LogP contribution in [0.5, 0.6) is 0 Å². The van der Waals surface area contributed by atoms with Gasteiger partial charge in [0.2, 0.25) is 5.91 Å². The molecule has 0 aromatic heterocycles. The quantitative estimate of drug-likeness (QED) is 0.605. The summed E-state index contributed by atoms with van der Waals surface area (Å²) < 4.78 is 5.15. The molecule has 0 aliphatic heterocycles. The summed E-state index contributed by atoms with van der Waals surface area (Å²) >= 11 is 0. The first-order valence-corrected chi connectivity index (χ1v) is 6.66. The van der Waals surface area contributed by atoms with Crippen molar-refractivity contribution >= 4 is 12.0 Å². The molecule has 0 saturated carbocycles. The van der Waals surface area contributed by atoms with Crippen LogP contribution in [-0.4, -0.2) is 44.3 Å². The Bertz CT molecular complexity index is 287. The van der Waals surface area contributed by atoms with Crippen LogP contribution in [0, 0.1) is 0 Å². The minimum absolute atomic E-state index is 0.199. The van der Waals surface area contributed by atoms with Gasteiger partial charge in [0, 0.05) is 7.05 Å². The summed E-state index contributed by atoms with van der Waals surface area (Å²) in [5.41, 5.74) is -0.566. The Labute approximate surface area is 115 Å². The molecule has 6 nitrogen and oxygen atoms in total. The zero-order chi connectivity index (χ0) is 14.9. The standard InChI is InChI=1S/C13H27N3O3/c1-13(2,3)19-12(18)16-10(11(17)15-5)8-6-7-9-14-4/h10,14H,6-9H2,1-5H3,(H,15,17)(H,16,18)/t10-/m0/s1. The average Bonchev–Trinajstić information content (AvgIpc) is 2.29. The summed E-state index contributed by atoms with van der Waals surface area (Å²) in [5.74, 6) is -0.199. The summed E-state index contributed by atoms with van der Waals surface area (Å²) in [7, 11) is 3.44. The molecule has 19 heavy (non-hydrogen) atoms. The van der Waals surface area contributed by atoms with Gasteiger partial charge >= 0.3 is 6.09 Å². The lowest BCUT2D eigenvalue weighted by Gasteiger charge is -2.23. The number of hydrogen-bond donors (Lipinski definition) is 3. The maximum Gasteiger partial charge on any atom is 0.408 e. The Morgan fingerprint density at radius 3 is 2.26 bits per heavy atom. The van der Waals surface area contributed by atoms with E-state index in [0.717, 1.165) is 19.4 Å². The summed E-state index contributed by atoms with van der Waals surface area (Å²) in [6.45, 7) is 6.25. The van der Waals surface area contributed by atoms with Crippen LogP contribution < -0.4 is 16.0 Å². The van der Waals surface area contributed by atoms with Crippen molar-refractivity contribution in [2.24, 2.45) is 0 Å². The fourth-order valence-corrected chi connectivity index (χ4v) is 1.54. The maximum atomic E-state index is 11.7. The fourth-order valence-electron chi connectivity index (χ4n) is 1.54. The second kappa shape index (κ2) is 8.74. The summed E-state index contributed by atoms with van der Waals surface area (Å²) in [6, 6.07) is -0.545. The highest BCUT2D eigenvalue weighted by molar-refractivity contribution is 5.85. The third-order valence-electron chi connectivity index (χ3n) is 2.42. The first-order chi connectivity index (χ1) is 8.80. The molecule has 0 aromatic rings. The van der Waals surface area contributed by atoms with Gasteiger partial charge in [-0.05, 0) is 53.6 Å². The van der Waals surface area contributed by atoms with E-state index in [9.17, 15) is 9.59 Å². The normalized spacial score (nSPS) is 12.7. The van der Waals surface area contributed by atoms with Crippen molar-refractivity contribution in [3.05, 3.63) is 0 Å². The smallest absolute Gasteiger partial charge is 0.408 e. The Morgan fingerprint density at radius 1 is 1.16 bits per heavy atom. The van der Waals surface area contributed by atoms with Crippen molar-refractivity contribution in [2.45, 2.75) is 51.7 Å². The van der Waals surface area contributed by atoms with Crippen molar-refractivity contribution in [2.75, 3.05) is 20.6 Å². The molecule has 0 aromatic carbocycles. The van der Waals surface area contributed by atoms with Crippen LogP contribution in [0.25, 0.3) is 0 Å². The highest BCUT2D eigenvalue weighted by Crippen LogP contribution is 2.08. The van der Waals surface area contributed by atoms with Gasteiger partial charge in [0.25, 0.3) is 0 Å². The van der Waals surface area contributed by atoms with Crippen LogP contribution in [0.1, 0.15) is 40.0 Å². The van der Waals surface area contributed by atoms with E-state index in [2.05, 4.69) is 16.0 Å². The van der Waals surface area contributed by atoms with Crippen molar-refractivity contribution in [1.82, 2.24) is 16.0 Å². The van der Waals surface area contributed by atoms with E-state index >= 15 is 0 Å². The van der Waals surface area contributed by atoms with Crippen molar-refractivity contribution in [3.8, 4) is 0 Å². The number of alkyl carbamates (subject to hydrolysis) is 1. The van der Waals surface area contributed by atoms with E-state index in [0.29, 0.717) is 6.42 Å². The van der Waals surface area contributed by atoms with E-state index in [1.54, 1.807) is 27.8 Å². The van der Waals surface area contributed by atoms with E-state index < -0.39 is 17.7 Å². The van der Waals surface area contributed by atoms with Crippen molar-refractivity contribution in [3.63, 3.8) is 0 Å². The number of unbranched alkanes of at least 4 members (excludes halogenated alkanes) is 1. The molecule has 3 N–H and O–H groups in total. The van der Waals surface area contributed by atoms with Crippen molar-refractivity contribution < 1.29 is 14.3 Å². The summed E-state index contributed by atoms with van der Waals surface area (Å²) in [4.78, 5) is 23.3. The molecule has 0 aliphatic carbocycles. The molecular formula is C13H27N3O3. The van der Waals surface area contributed by atoms with Gasteiger partial charge in [0.05, 0.1) is 0 Å². The molecule has 112 valence electrons. The first-order valence-electron chi connectivity index (χ1n) is 6.66. The molecule has 1 atom stereocenters. The van der Waals surface area contributed by atoms with Crippen LogP contribution in [0.3, 0.4) is 0 Å². The highest BCUT2D eigenvalue weighted by atomic mass is 16.6. The van der Waals surface area contributed by atoms with Gasteiger partial charge in [-0.2, -0.15) is 0 Å². The molecule has 0 unspecified atom stereocenters. The van der Waals surface area contributed by atoms with E-state index in [1.165, 1.54) is 0 Å². The van der Waals surface area contributed by atoms with Crippen molar-refractivity contribution in [1.29, 1.82) is 0 Å². The predicted octanol–water partition coefficient (Wildman–Crippen LogP) is 1.02. The van der Waals surface area contributed by atoms with Gasteiger partial charge in [-0.25, -0.2) is 4.79 Å². The number of rotatable bonds is 7. The maximum absolute atomic E-state index is 11.7. The van der Waals surface area contributed by atoms with E-state index in [-0.39, 0.29) is 5.91 Å². The monoisotopic (exact) mass is 273 g/mol. The molecule has 0 rings (SSSR count). The second-order valence-electron chi connectivity index (χ2n) is 5.41. The molecule has 0 fully saturated rings. The van der Waals surface area contributed by atoms with Gasteiger partial charge in [-0.3, -0.25) is 4.79 Å². The number of carbonyl (C=O) groups excluding carboxylic acids is 2. The predicted molar refractivity (Wildman–Crippen MR) is 75.0 cm³/mol. The van der Waals surface area contributed by atoms with Crippen LogP contribution in [-0.2, 0) is 9.53 Å². The molecule has 0 heterocycles. The molecule has 0 spiro atoms. The minimum atomic E-state index is -0.566. The Morgan fingerprint density at radius 2 is 1.79 bits per heavy atom. The van der Waals surface area contributed by atoms with Gasteiger partial charge in [0.1, 0.15) is 11.6 Å². The van der Waals surface area contributed by atoms with E-state index in [4.69, 9.17) is 4.74 Å². The lowest BCUT2D eigenvalue weighted by Crippen LogP contribution is -2.47. The van der Waals surface area contributed by atoms with Crippen LogP contribution in [0.4, 0.5) is 4.79 Å². The second-order valence-corrected chi connectivity index (χ2v) is 5.41. The highest BCUT2D eigenvalue weighted by Gasteiger charge is 2.23. The van der Waals surface area contributed by atoms with E-state index in [1.807, 2.05) is 7.05 Å². The van der Waals surface area contributed by atoms with Crippen LogP contribution >= 0.6 is 0 Å². The lowest BCUT2D eigenvalue weighted by molar-refractivity contribution is -0.122. The molecule has 0 aliphatic rings. The zero-order valence-electron chi connectivity index (χ0n) is 12.6. The summed E-state index contributed by atoms with van der Waals surface area (Å²) in [5, 5.41) is 8.20. The largest absolute Gasteiger partial charge is 0.444 e. The van der Waals surface area contributed by atoms with Gasteiger partial charge in [-0.1, -0.05) is 0 Å². The molecule has 0 bridgehead atoms. The SMILES string of the molecule is CNCCCC[C@H](NC(=O)OC(C)(C)C)C(=O)NC. The number of likely N-dealkylation sites (N-methyl/N-ethyl adjacent to an activating group) is 1. The lowest BCUT2D eigenvalue weighted by atomic mass is 10.1. The van der Waals surface area contributed by atoms with Gasteiger partial charge in [0.15, 0.2) is 0 Å². The summed E-state index contributed by atoms with van der Waals surface area (Å²) in [6.07, 6.45) is 1.85. The number of carbonyl (C=O) groups is 2. The third kappa shape index (κ3) is 9.30. The molecule has 0 saturated heterocycles. The molecule has 2 amide bonds. The number of ether oxygens (including phenoxy) is 1. The van der Waals surface area contributed by atoms with Crippen LogP contribution in [0.15, 0.2) is 0 Å². The Hall–Kier alpha value is -1.30. The Balaban J connectivity index is 4.27. The van der Waals surface area contributed by atoms with Gasteiger partial charge in [-0.15, -0.1) is 0 Å². The molecular weight excluding hydrogens is 246 g/mol. The third-order valence-corrected chi connectivity index (χ3v) is 2.42. The van der Waals surface area contributed by atoms with Crippen LogP contribution in [0.2, 0.25) is 0 Å². The topological polar surface area (TPSA) is 79.5 Å². The number of nitrogens with one attached hydrogen (secondary N) is 3. The fraction of sp³-hybridized carbons (Fsp3) is 0.846. The molecule has 0 radical (unpaired) electrons. The first kappa shape index (κ1) is 17.7. The zero-order valence-corrected chi connectivity index (χ0v) is 12.6. The number of hydrogen-bond acceptors (Lipinski definition) is 4. The minimum Gasteiger partial charge on any atom is -0.444 e. The average molecular weight is 273 g/mol. The molecule has 6 heteroatoms.